The number of aliphatic hydroxyl groups excluding tert-OH is 1. The molecule has 0 amide bonds. The predicted octanol–water partition coefficient (Wildman–Crippen LogP) is -0.0896. The average Bonchev–Trinajstić information content (AvgIpc) is 2.26. The van der Waals surface area contributed by atoms with E-state index in [-0.39, 0.29) is 12.5 Å². The molecule has 4 nitrogen and oxygen atoms in total. The van der Waals surface area contributed by atoms with Crippen LogP contribution in [0.15, 0.2) is 0 Å². The van der Waals surface area contributed by atoms with Crippen LogP contribution in [0.1, 0.15) is 13.8 Å². The second-order valence-corrected chi connectivity index (χ2v) is 4.56. The molecule has 0 aromatic carbocycles. The number of aliphatic hydroxyl groups is 1. The number of morpholine rings is 1. The molecular formula is C11H24N2O2. The van der Waals surface area contributed by atoms with E-state index in [1.807, 2.05) is 0 Å². The molecule has 4 heteroatoms. The zero-order valence-corrected chi connectivity index (χ0v) is 9.85. The minimum absolute atomic E-state index is 0.177. The van der Waals surface area contributed by atoms with Gasteiger partial charge in [-0.25, -0.2) is 0 Å². The molecule has 0 unspecified atom stereocenters. The highest BCUT2D eigenvalue weighted by atomic mass is 16.5. The molecule has 90 valence electrons. The maximum atomic E-state index is 9.34. The fraction of sp³-hybridized carbons (Fsp3) is 1.00. The lowest BCUT2D eigenvalue weighted by molar-refractivity contribution is -0.0173. The molecule has 1 heterocycles. The van der Waals surface area contributed by atoms with Gasteiger partial charge in [-0.2, -0.15) is 0 Å². The van der Waals surface area contributed by atoms with Gasteiger partial charge in [0.05, 0.1) is 13.2 Å². The first-order valence-electron chi connectivity index (χ1n) is 5.83. The minimum Gasteiger partial charge on any atom is -0.396 e. The Balaban J connectivity index is 2.62. The summed E-state index contributed by atoms with van der Waals surface area (Å²) in [6.45, 7) is 8.63. The van der Waals surface area contributed by atoms with Crippen LogP contribution in [0.4, 0.5) is 0 Å². The van der Waals surface area contributed by atoms with Crippen LogP contribution in [0, 0.1) is 11.8 Å². The molecular weight excluding hydrogens is 192 g/mol. The first-order chi connectivity index (χ1) is 7.20. The number of rotatable bonds is 5. The first kappa shape index (κ1) is 12.9. The van der Waals surface area contributed by atoms with Crippen LogP contribution in [0.5, 0.6) is 0 Å². The van der Waals surface area contributed by atoms with Crippen LogP contribution in [-0.4, -0.2) is 55.5 Å². The molecule has 0 aromatic heterocycles. The molecule has 0 radical (unpaired) electrons. The van der Waals surface area contributed by atoms with E-state index in [1.165, 1.54) is 0 Å². The van der Waals surface area contributed by atoms with Gasteiger partial charge in [0.2, 0.25) is 0 Å². The number of hydrogen-bond donors (Lipinski definition) is 2. The van der Waals surface area contributed by atoms with Crippen LogP contribution in [0.3, 0.4) is 0 Å². The molecule has 15 heavy (non-hydrogen) atoms. The second-order valence-electron chi connectivity index (χ2n) is 4.56. The maximum absolute atomic E-state index is 9.34. The molecule has 1 aliphatic heterocycles. The van der Waals surface area contributed by atoms with Crippen LogP contribution < -0.4 is 5.73 Å². The summed E-state index contributed by atoms with van der Waals surface area (Å²) in [4.78, 5) is 2.40. The third kappa shape index (κ3) is 3.41. The third-order valence-corrected chi connectivity index (χ3v) is 3.17. The molecule has 1 saturated heterocycles. The molecule has 2 atom stereocenters. The van der Waals surface area contributed by atoms with E-state index in [0.29, 0.717) is 18.5 Å². The van der Waals surface area contributed by atoms with Gasteiger partial charge in [-0.3, -0.25) is 4.90 Å². The molecule has 0 bridgehead atoms. The molecule has 1 rings (SSSR count). The Morgan fingerprint density at radius 2 is 1.93 bits per heavy atom. The molecule has 0 aromatic rings. The van der Waals surface area contributed by atoms with Crippen LogP contribution >= 0.6 is 0 Å². The summed E-state index contributed by atoms with van der Waals surface area (Å²) < 4.78 is 5.34. The monoisotopic (exact) mass is 216 g/mol. The van der Waals surface area contributed by atoms with Gasteiger partial charge in [-0.05, 0) is 12.5 Å². The summed E-state index contributed by atoms with van der Waals surface area (Å²) >= 11 is 0. The molecule has 3 N–H and O–H groups in total. The Morgan fingerprint density at radius 3 is 2.33 bits per heavy atom. The SMILES string of the molecule is CC(C)[C@H]([C@@H](CN)CO)N1CCOCC1. The number of ether oxygens (including phenoxy) is 1. The van der Waals surface area contributed by atoms with Gasteiger partial charge >= 0.3 is 0 Å². The first-order valence-corrected chi connectivity index (χ1v) is 5.83. The zero-order chi connectivity index (χ0) is 11.3. The van der Waals surface area contributed by atoms with Crippen molar-refractivity contribution in [2.45, 2.75) is 19.9 Å². The van der Waals surface area contributed by atoms with Gasteiger partial charge in [0.15, 0.2) is 0 Å². The number of nitrogens with zero attached hydrogens (tertiary/aromatic N) is 1. The van der Waals surface area contributed by atoms with Crippen molar-refractivity contribution in [3.63, 3.8) is 0 Å². The van der Waals surface area contributed by atoms with Gasteiger partial charge < -0.3 is 15.6 Å². The van der Waals surface area contributed by atoms with Gasteiger partial charge in [0.1, 0.15) is 0 Å². The smallest absolute Gasteiger partial charge is 0.0594 e. The maximum Gasteiger partial charge on any atom is 0.0594 e. The Labute approximate surface area is 92.4 Å². The summed E-state index contributed by atoms with van der Waals surface area (Å²) in [7, 11) is 0. The van der Waals surface area contributed by atoms with Crippen molar-refractivity contribution in [1.82, 2.24) is 4.90 Å². The van der Waals surface area contributed by atoms with E-state index in [2.05, 4.69) is 18.7 Å². The van der Waals surface area contributed by atoms with E-state index in [1.54, 1.807) is 0 Å². The third-order valence-electron chi connectivity index (χ3n) is 3.17. The Hall–Kier alpha value is -0.160. The van der Waals surface area contributed by atoms with E-state index in [4.69, 9.17) is 10.5 Å². The van der Waals surface area contributed by atoms with Crippen molar-refractivity contribution in [3.8, 4) is 0 Å². The zero-order valence-electron chi connectivity index (χ0n) is 9.85. The summed E-state index contributed by atoms with van der Waals surface area (Å²) in [5.41, 5.74) is 5.71. The van der Waals surface area contributed by atoms with E-state index in [0.717, 1.165) is 26.3 Å². The Bertz CT molecular complexity index is 166. The highest BCUT2D eigenvalue weighted by Gasteiger charge is 2.29. The second kappa shape index (κ2) is 6.43. The van der Waals surface area contributed by atoms with Crippen molar-refractivity contribution in [2.75, 3.05) is 39.5 Å². The minimum atomic E-state index is 0.177. The van der Waals surface area contributed by atoms with Crippen LogP contribution in [0.25, 0.3) is 0 Å². The highest BCUT2D eigenvalue weighted by molar-refractivity contribution is 4.83. The molecule has 0 spiro atoms. The van der Waals surface area contributed by atoms with Crippen molar-refractivity contribution in [1.29, 1.82) is 0 Å². The Morgan fingerprint density at radius 1 is 1.33 bits per heavy atom. The summed E-state index contributed by atoms with van der Waals surface area (Å²) in [6.07, 6.45) is 0. The average molecular weight is 216 g/mol. The van der Waals surface area contributed by atoms with Gasteiger partial charge in [-0.15, -0.1) is 0 Å². The number of hydrogen-bond acceptors (Lipinski definition) is 4. The predicted molar refractivity (Wildman–Crippen MR) is 60.6 cm³/mol. The van der Waals surface area contributed by atoms with Gasteiger partial charge in [0, 0.05) is 31.7 Å². The molecule has 0 saturated carbocycles. The quantitative estimate of drug-likeness (QED) is 0.674. The molecule has 0 aliphatic carbocycles. The van der Waals surface area contributed by atoms with Crippen molar-refractivity contribution >= 4 is 0 Å². The topological polar surface area (TPSA) is 58.7 Å². The molecule has 1 aliphatic rings. The highest BCUT2D eigenvalue weighted by Crippen LogP contribution is 2.20. The van der Waals surface area contributed by atoms with E-state index >= 15 is 0 Å². The number of nitrogens with two attached hydrogens (primary N) is 1. The van der Waals surface area contributed by atoms with Gasteiger partial charge in [0.25, 0.3) is 0 Å². The van der Waals surface area contributed by atoms with Crippen molar-refractivity contribution in [2.24, 2.45) is 17.6 Å². The fourth-order valence-electron chi connectivity index (χ4n) is 2.46. The largest absolute Gasteiger partial charge is 0.396 e. The summed E-state index contributed by atoms with van der Waals surface area (Å²) in [6, 6.07) is 0.379. The summed E-state index contributed by atoms with van der Waals surface area (Å²) in [5, 5.41) is 9.34. The lowest BCUT2D eigenvalue weighted by Crippen LogP contribution is -2.52. The van der Waals surface area contributed by atoms with E-state index in [9.17, 15) is 5.11 Å². The van der Waals surface area contributed by atoms with Crippen LogP contribution in [-0.2, 0) is 4.74 Å². The van der Waals surface area contributed by atoms with Crippen LogP contribution in [0.2, 0.25) is 0 Å². The van der Waals surface area contributed by atoms with Crippen molar-refractivity contribution in [3.05, 3.63) is 0 Å². The van der Waals surface area contributed by atoms with Gasteiger partial charge in [-0.1, -0.05) is 13.8 Å². The normalized spacial score (nSPS) is 23.0. The lowest BCUT2D eigenvalue weighted by Gasteiger charge is -2.40. The van der Waals surface area contributed by atoms with Crippen molar-refractivity contribution < 1.29 is 9.84 Å². The standard InChI is InChI=1S/C11H24N2O2/c1-9(2)11(10(7-12)8-14)13-3-5-15-6-4-13/h9-11,14H,3-8,12H2,1-2H3/t10-,11+/m0/s1. The van der Waals surface area contributed by atoms with E-state index < -0.39 is 0 Å². The molecule has 1 fully saturated rings. The lowest BCUT2D eigenvalue weighted by atomic mass is 9.89. The summed E-state index contributed by atoms with van der Waals surface area (Å²) in [5.74, 6) is 0.701. The fourth-order valence-corrected chi connectivity index (χ4v) is 2.46. The Kier molecular flexibility index (Phi) is 5.53.